The Morgan fingerprint density at radius 2 is 2.16 bits per heavy atom. The van der Waals surface area contributed by atoms with E-state index in [1.807, 2.05) is 17.5 Å². The second-order valence-electron chi connectivity index (χ2n) is 5.01. The number of carboxylic acids is 1. The van der Waals surface area contributed by atoms with Crippen LogP contribution < -0.4 is 0 Å². The highest BCUT2D eigenvalue weighted by molar-refractivity contribution is 7.09. The predicted molar refractivity (Wildman–Crippen MR) is 72.1 cm³/mol. The van der Waals surface area contributed by atoms with E-state index >= 15 is 0 Å². The number of methoxy groups -OCH3 is 1. The van der Waals surface area contributed by atoms with Gasteiger partial charge in [0.25, 0.3) is 0 Å². The van der Waals surface area contributed by atoms with Crippen molar-refractivity contribution >= 4 is 23.3 Å². The average molecular weight is 282 g/mol. The molecule has 1 aliphatic rings. The molecule has 4 nitrogen and oxygen atoms in total. The fourth-order valence-electron chi connectivity index (χ4n) is 3.01. The van der Waals surface area contributed by atoms with Gasteiger partial charge in [0, 0.05) is 11.3 Å². The maximum absolute atomic E-state index is 12.2. The molecule has 5 heteroatoms. The highest BCUT2D eigenvalue weighted by Gasteiger charge is 2.54. The van der Waals surface area contributed by atoms with Gasteiger partial charge in [-0.1, -0.05) is 18.9 Å². The van der Waals surface area contributed by atoms with Crippen molar-refractivity contribution < 1.29 is 19.4 Å². The van der Waals surface area contributed by atoms with Crippen molar-refractivity contribution in [3.05, 3.63) is 22.4 Å². The van der Waals surface area contributed by atoms with Crippen molar-refractivity contribution in [1.29, 1.82) is 0 Å². The van der Waals surface area contributed by atoms with Crippen LogP contribution in [0, 0.1) is 11.3 Å². The predicted octanol–water partition coefficient (Wildman–Crippen LogP) is 2.72. The molecule has 0 bridgehead atoms. The number of hydrogen-bond donors (Lipinski definition) is 1. The molecule has 19 heavy (non-hydrogen) atoms. The minimum atomic E-state index is -1.42. The van der Waals surface area contributed by atoms with Crippen LogP contribution in [0.4, 0.5) is 0 Å². The molecule has 1 aliphatic carbocycles. The number of carboxylic acid groups (broad SMARTS) is 1. The van der Waals surface area contributed by atoms with Crippen LogP contribution in [-0.2, 0) is 20.7 Å². The van der Waals surface area contributed by atoms with Crippen LogP contribution in [0.1, 0.15) is 30.6 Å². The van der Waals surface area contributed by atoms with E-state index in [4.69, 9.17) is 4.74 Å². The van der Waals surface area contributed by atoms with Gasteiger partial charge in [0.1, 0.15) is 0 Å². The van der Waals surface area contributed by atoms with Crippen LogP contribution in [0.3, 0.4) is 0 Å². The van der Waals surface area contributed by atoms with Crippen LogP contribution in [0.2, 0.25) is 0 Å². The zero-order valence-corrected chi connectivity index (χ0v) is 11.7. The summed E-state index contributed by atoms with van der Waals surface area (Å²) in [5, 5.41) is 11.6. The van der Waals surface area contributed by atoms with Crippen LogP contribution in [-0.4, -0.2) is 24.2 Å². The van der Waals surface area contributed by atoms with E-state index in [2.05, 4.69) is 0 Å². The largest absolute Gasteiger partial charge is 0.480 e. The first-order valence-electron chi connectivity index (χ1n) is 6.45. The molecule has 104 valence electrons. The number of esters is 1. The van der Waals surface area contributed by atoms with Gasteiger partial charge in [-0.3, -0.25) is 9.59 Å². The first-order chi connectivity index (χ1) is 9.11. The standard InChI is InChI=1S/C14H18O4S/c1-18-13(17)14(12(15)16,10-5-2-3-6-10)9-11-7-4-8-19-11/h4,7-8,10H,2-3,5-6,9H2,1H3,(H,15,16). The molecule has 0 spiro atoms. The summed E-state index contributed by atoms with van der Waals surface area (Å²) in [6.45, 7) is 0. The smallest absolute Gasteiger partial charge is 0.323 e. The van der Waals surface area contributed by atoms with E-state index in [-0.39, 0.29) is 12.3 Å². The van der Waals surface area contributed by atoms with E-state index in [1.54, 1.807) is 0 Å². The van der Waals surface area contributed by atoms with Gasteiger partial charge in [-0.25, -0.2) is 0 Å². The number of carbonyl (C=O) groups is 2. The number of rotatable bonds is 5. The van der Waals surface area contributed by atoms with Crippen LogP contribution >= 0.6 is 11.3 Å². The Labute approximate surface area is 116 Å². The number of carbonyl (C=O) groups excluding carboxylic acids is 1. The summed E-state index contributed by atoms with van der Waals surface area (Å²) in [6, 6.07) is 3.75. The van der Waals surface area contributed by atoms with E-state index in [0.717, 1.165) is 30.6 Å². The minimum absolute atomic E-state index is 0.125. The van der Waals surface area contributed by atoms with E-state index < -0.39 is 17.4 Å². The fourth-order valence-corrected chi connectivity index (χ4v) is 3.81. The monoisotopic (exact) mass is 282 g/mol. The Bertz CT molecular complexity index is 448. The Kier molecular flexibility index (Phi) is 4.24. The first-order valence-corrected chi connectivity index (χ1v) is 7.33. The second-order valence-corrected chi connectivity index (χ2v) is 6.04. The molecular weight excluding hydrogens is 264 g/mol. The fraction of sp³-hybridized carbons (Fsp3) is 0.571. The Morgan fingerprint density at radius 1 is 1.47 bits per heavy atom. The molecule has 0 saturated heterocycles. The van der Waals surface area contributed by atoms with Gasteiger partial charge in [-0.15, -0.1) is 11.3 Å². The molecule has 0 radical (unpaired) electrons. The quantitative estimate of drug-likeness (QED) is 0.666. The van der Waals surface area contributed by atoms with Crippen molar-refractivity contribution in [3.8, 4) is 0 Å². The number of thiophene rings is 1. The summed E-state index contributed by atoms with van der Waals surface area (Å²) in [7, 11) is 1.27. The van der Waals surface area contributed by atoms with Crippen molar-refractivity contribution in [2.45, 2.75) is 32.1 Å². The summed E-state index contributed by atoms with van der Waals surface area (Å²) in [4.78, 5) is 24.9. The lowest BCUT2D eigenvalue weighted by Crippen LogP contribution is -2.47. The van der Waals surface area contributed by atoms with Crippen molar-refractivity contribution in [1.82, 2.24) is 0 Å². The Balaban J connectivity index is 2.38. The van der Waals surface area contributed by atoms with Crippen LogP contribution in [0.5, 0.6) is 0 Å². The molecule has 1 fully saturated rings. The van der Waals surface area contributed by atoms with Gasteiger partial charge >= 0.3 is 11.9 Å². The number of hydrogen-bond acceptors (Lipinski definition) is 4. The third kappa shape index (κ3) is 2.52. The third-order valence-corrected chi connectivity index (χ3v) is 4.89. The van der Waals surface area contributed by atoms with Gasteiger partial charge in [0.15, 0.2) is 5.41 Å². The summed E-state index contributed by atoms with van der Waals surface area (Å²) in [5.41, 5.74) is -1.42. The second kappa shape index (κ2) is 5.74. The van der Waals surface area contributed by atoms with Crippen molar-refractivity contribution in [2.24, 2.45) is 11.3 Å². The van der Waals surface area contributed by atoms with E-state index in [9.17, 15) is 14.7 Å². The van der Waals surface area contributed by atoms with Crippen LogP contribution in [0.25, 0.3) is 0 Å². The average Bonchev–Trinajstić information content (AvgIpc) is 3.07. The van der Waals surface area contributed by atoms with E-state index in [0.29, 0.717) is 0 Å². The molecule has 0 aromatic carbocycles. The molecule has 0 aliphatic heterocycles. The summed E-state index contributed by atoms with van der Waals surface area (Å²) >= 11 is 1.48. The molecule has 1 N–H and O–H groups in total. The summed E-state index contributed by atoms with van der Waals surface area (Å²) in [5.74, 6) is -1.79. The molecular formula is C14H18O4S. The Morgan fingerprint density at radius 3 is 2.63 bits per heavy atom. The molecule has 1 atom stereocenters. The lowest BCUT2D eigenvalue weighted by molar-refractivity contribution is -0.171. The van der Waals surface area contributed by atoms with E-state index in [1.165, 1.54) is 18.4 Å². The van der Waals surface area contributed by atoms with Crippen molar-refractivity contribution in [3.63, 3.8) is 0 Å². The van der Waals surface area contributed by atoms with Gasteiger partial charge in [0.05, 0.1) is 7.11 Å². The highest BCUT2D eigenvalue weighted by Crippen LogP contribution is 2.44. The summed E-state index contributed by atoms with van der Waals surface area (Å²) in [6.07, 6.45) is 3.78. The maximum atomic E-state index is 12.2. The van der Waals surface area contributed by atoms with Crippen LogP contribution in [0.15, 0.2) is 17.5 Å². The number of ether oxygens (including phenoxy) is 1. The highest BCUT2D eigenvalue weighted by atomic mass is 32.1. The summed E-state index contributed by atoms with van der Waals surface area (Å²) < 4.78 is 4.82. The molecule has 2 rings (SSSR count). The van der Waals surface area contributed by atoms with Gasteiger partial charge < -0.3 is 9.84 Å². The first kappa shape index (κ1) is 14.1. The van der Waals surface area contributed by atoms with Crippen molar-refractivity contribution in [2.75, 3.05) is 7.11 Å². The Hall–Kier alpha value is -1.36. The SMILES string of the molecule is COC(=O)C(Cc1cccs1)(C(=O)O)C1CCCC1. The molecule has 1 aromatic heterocycles. The third-order valence-electron chi connectivity index (χ3n) is 4.02. The number of aliphatic carboxylic acids is 1. The van der Waals surface area contributed by atoms with Gasteiger partial charge in [-0.05, 0) is 30.2 Å². The normalized spacial score (nSPS) is 19.0. The minimum Gasteiger partial charge on any atom is -0.480 e. The zero-order valence-electron chi connectivity index (χ0n) is 10.9. The van der Waals surface area contributed by atoms with Gasteiger partial charge in [-0.2, -0.15) is 0 Å². The topological polar surface area (TPSA) is 63.6 Å². The molecule has 1 heterocycles. The lowest BCUT2D eigenvalue weighted by Gasteiger charge is -2.32. The molecule has 1 saturated carbocycles. The molecule has 1 aromatic rings. The lowest BCUT2D eigenvalue weighted by atomic mass is 9.71. The zero-order chi connectivity index (χ0) is 13.9. The molecule has 1 unspecified atom stereocenters. The maximum Gasteiger partial charge on any atom is 0.323 e. The van der Waals surface area contributed by atoms with Gasteiger partial charge in [0.2, 0.25) is 0 Å². The molecule has 0 amide bonds.